The van der Waals surface area contributed by atoms with Gasteiger partial charge in [0.1, 0.15) is 0 Å². The molecule has 0 radical (unpaired) electrons. The summed E-state index contributed by atoms with van der Waals surface area (Å²) >= 11 is 0. The zero-order chi connectivity index (χ0) is 20.4. The van der Waals surface area contributed by atoms with E-state index >= 15 is 0 Å². The van der Waals surface area contributed by atoms with Gasteiger partial charge in [-0.25, -0.2) is 0 Å². The Labute approximate surface area is 172 Å². The molecule has 29 heavy (non-hydrogen) atoms. The Bertz CT molecular complexity index is 852. The molecule has 0 saturated carbocycles. The van der Waals surface area contributed by atoms with Crippen LogP contribution in [0.5, 0.6) is 11.5 Å². The molecule has 0 aliphatic carbocycles. The Balaban J connectivity index is 1.33. The molecule has 0 unspecified atom stereocenters. The van der Waals surface area contributed by atoms with Crippen molar-refractivity contribution in [1.29, 1.82) is 0 Å². The molecule has 8 nitrogen and oxygen atoms in total. The van der Waals surface area contributed by atoms with Crippen molar-refractivity contribution >= 4 is 16.1 Å². The maximum atomic E-state index is 13.0. The Hall–Kier alpha value is -1.84. The molecule has 2 fully saturated rings. The molecule has 3 aliphatic rings. The summed E-state index contributed by atoms with van der Waals surface area (Å²) in [6, 6.07) is 5.58. The van der Waals surface area contributed by atoms with Crippen LogP contribution in [-0.4, -0.2) is 55.9 Å². The standard InChI is InChI=1S/C20H29N3O5S/c1-15-6-9-22(10-7-15)29(25,26)23-8-2-3-17(13-23)20(24)21-12-16-4-5-18-19(11-16)28-14-27-18/h4-5,11,15,17H,2-3,6-10,12-14H2,1H3,(H,21,24)/t17-/m1/s1. The van der Waals surface area contributed by atoms with Crippen LogP contribution in [0.25, 0.3) is 0 Å². The van der Waals surface area contributed by atoms with E-state index in [9.17, 15) is 13.2 Å². The van der Waals surface area contributed by atoms with Crippen LogP contribution in [-0.2, 0) is 21.5 Å². The second-order valence-electron chi connectivity index (χ2n) is 8.19. The monoisotopic (exact) mass is 423 g/mol. The van der Waals surface area contributed by atoms with Gasteiger partial charge in [-0.15, -0.1) is 0 Å². The number of nitrogens with zero attached hydrogens (tertiary/aromatic N) is 2. The van der Waals surface area contributed by atoms with Gasteiger partial charge in [-0.05, 0) is 49.3 Å². The topological polar surface area (TPSA) is 88.2 Å². The Morgan fingerprint density at radius 3 is 2.66 bits per heavy atom. The average Bonchev–Trinajstić information content (AvgIpc) is 3.20. The van der Waals surface area contributed by atoms with Crippen molar-refractivity contribution in [3.8, 4) is 11.5 Å². The van der Waals surface area contributed by atoms with Crippen molar-refractivity contribution in [2.75, 3.05) is 33.0 Å². The number of carbonyl (C=O) groups excluding carboxylic acids is 1. The molecule has 0 bridgehead atoms. The normalized spacial score (nSPS) is 23.8. The average molecular weight is 424 g/mol. The highest BCUT2D eigenvalue weighted by Crippen LogP contribution is 2.32. The van der Waals surface area contributed by atoms with E-state index in [1.54, 1.807) is 4.31 Å². The lowest BCUT2D eigenvalue weighted by atomic mass is 9.98. The van der Waals surface area contributed by atoms with Crippen molar-refractivity contribution in [1.82, 2.24) is 13.9 Å². The largest absolute Gasteiger partial charge is 0.454 e. The first kappa shape index (κ1) is 20.4. The highest BCUT2D eigenvalue weighted by molar-refractivity contribution is 7.86. The third-order valence-corrected chi connectivity index (χ3v) is 8.06. The third kappa shape index (κ3) is 4.51. The second-order valence-corrected chi connectivity index (χ2v) is 10.1. The number of rotatable bonds is 5. The Morgan fingerprint density at radius 1 is 1.10 bits per heavy atom. The second kappa shape index (κ2) is 8.49. The van der Waals surface area contributed by atoms with E-state index < -0.39 is 10.2 Å². The lowest BCUT2D eigenvalue weighted by Crippen LogP contribution is -2.52. The van der Waals surface area contributed by atoms with Gasteiger partial charge < -0.3 is 14.8 Å². The van der Waals surface area contributed by atoms with Gasteiger partial charge in [0.2, 0.25) is 12.7 Å². The first-order valence-corrected chi connectivity index (χ1v) is 11.7. The summed E-state index contributed by atoms with van der Waals surface area (Å²) in [7, 11) is -3.49. The fraction of sp³-hybridized carbons (Fsp3) is 0.650. The predicted molar refractivity (Wildman–Crippen MR) is 108 cm³/mol. The molecule has 1 aromatic carbocycles. The van der Waals surface area contributed by atoms with E-state index in [4.69, 9.17) is 9.47 Å². The molecular formula is C20H29N3O5S. The molecule has 3 heterocycles. The van der Waals surface area contributed by atoms with Gasteiger partial charge >= 0.3 is 0 Å². The minimum Gasteiger partial charge on any atom is -0.454 e. The molecule has 3 aliphatic heterocycles. The Morgan fingerprint density at radius 2 is 1.86 bits per heavy atom. The van der Waals surface area contributed by atoms with Crippen molar-refractivity contribution in [2.24, 2.45) is 11.8 Å². The van der Waals surface area contributed by atoms with Gasteiger partial charge in [0.15, 0.2) is 11.5 Å². The Kier molecular flexibility index (Phi) is 5.98. The maximum Gasteiger partial charge on any atom is 0.281 e. The number of amides is 1. The summed E-state index contributed by atoms with van der Waals surface area (Å²) in [4.78, 5) is 12.7. The molecule has 2 saturated heterocycles. The van der Waals surface area contributed by atoms with Crippen molar-refractivity contribution in [2.45, 2.75) is 39.2 Å². The molecule has 9 heteroatoms. The van der Waals surface area contributed by atoms with E-state index in [1.165, 1.54) is 4.31 Å². The van der Waals surface area contributed by atoms with Crippen LogP contribution in [0.2, 0.25) is 0 Å². The maximum absolute atomic E-state index is 13.0. The number of hydrogen-bond donors (Lipinski definition) is 1. The quantitative estimate of drug-likeness (QED) is 0.779. The summed E-state index contributed by atoms with van der Waals surface area (Å²) in [6.45, 7) is 4.63. The number of fused-ring (bicyclic) bond motifs is 1. The van der Waals surface area contributed by atoms with Gasteiger partial charge in [-0.2, -0.15) is 17.0 Å². The van der Waals surface area contributed by atoms with E-state index in [0.717, 1.165) is 18.4 Å². The zero-order valence-electron chi connectivity index (χ0n) is 16.8. The number of ether oxygens (including phenoxy) is 2. The van der Waals surface area contributed by atoms with Crippen LogP contribution in [0.1, 0.15) is 38.2 Å². The van der Waals surface area contributed by atoms with E-state index in [0.29, 0.717) is 56.4 Å². The van der Waals surface area contributed by atoms with Gasteiger partial charge in [-0.3, -0.25) is 4.79 Å². The van der Waals surface area contributed by atoms with E-state index in [-0.39, 0.29) is 25.2 Å². The fourth-order valence-corrected chi connectivity index (χ4v) is 5.86. The number of piperidine rings is 2. The lowest BCUT2D eigenvalue weighted by molar-refractivity contribution is -0.126. The molecular weight excluding hydrogens is 394 g/mol. The molecule has 1 atom stereocenters. The highest BCUT2D eigenvalue weighted by atomic mass is 32.2. The summed E-state index contributed by atoms with van der Waals surface area (Å²) in [5, 5.41) is 2.95. The van der Waals surface area contributed by atoms with Gasteiger partial charge in [0.05, 0.1) is 5.92 Å². The summed E-state index contributed by atoms with van der Waals surface area (Å²) < 4.78 is 39.7. The van der Waals surface area contributed by atoms with Crippen LogP contribution >= 0.6 is 0 Å². The number of benzene rings is 1. The summed E-state index contributed by atoms with van der Waals surface area (Å²) in [6.07, 6.45) is 3.20. The summed E-state index contributed by atoms with van der Waals surface area (Å²) in [5.74, 6) is 1.53. The van der Waals surface area contributed by atoms with Gasteiger partial charge in [0, 0.05) is 32.7 Å². The van der Waals surface area contributed by atoms with E-state index in [2.05, 4.69) is 12.2 Å². The number of nitrogens with one attached hydrogen (secondary N) is 1. The molecule has 1 amide bonds. The molecule has 1 N–H and O–H groups in total. The molecule has 0 spiro atoms. The first-order valence-electron chi connectivity index (χ1n) is 10.3. The molecule has 1 aromatic rings. The molecule has 160 valence electrons. The van der Waals surface area contributed by atoms with Gasteiger partial charge in [0.25, 0.3) is 10.2 Å². The minimum atomic E-state index is -3.49. The lowest BCUT2D eigenvalue weighted by Gasteiger charge is -2.37. The fourth-order valence-electron chi connectivity index (χ4n) is 4.13. The van der Waals surface area contributed by atoms with E-state index in [1.807, 2.05) is 18.2 Å². The summed E-state index contributed by atoms with van der Waals surface area (Å²) in [5.41, 5.74) is 0.922. The highest BCUT2D eigenvalue weighted by Gasteiger charge is 2.36. The SMILES string of the molecule is CC1CCN(S(=O)(=O)N2CCC[C@@H](C(=O)NCc3ccc4c(c3)OCO4)C2)CC1. The number of carbonyl (C=O) groups is 1. The van der Waals surface area contributed by atoms with Crippen molar-refractivity contribution < 1.29 is 22.7 Å². The minimum absolute atomic E-state index is 0.102. The third-order valence-electron chi connectivity index (χ3n) is 6.05. The molecule has 0 aromatic heterocycles. The van der Waals surface area contributed by atoms with Crippen LogP contribution in [0.4, 0.5) is 0 Å². The number of hydrogen-bond acceptors (Lipinski definition) is 5. The van der Waals surface area contributed by atoms with Crippen LogP contribution in [0.3, 0.4) is 0 Å². The van der Waals surface area contributed by atoms with Crippen LogP contribution in [0, 0.1) is 11.8 Å². The van der Waals surface area contributed by atoms with Crippen LogP contribution < -0.4 is 14.8 Å². The van der Waals surface area contributed by atoms with Crippen molar-refractivity contribution in [3.63, 3.8) is 0 Å². The molecule has 4 rings (SSSR count). The zero-order valence-corrected chi connectivity index (χ0v) is 17.6. The first-order chi connectivity index (χ1) is 13.9. The van der Waals surface area contributed by atoms with Crippen molar-refractivity contribution in [3.05, 3.63) is 23.8 Å². The smallest absolute Gasteiger partial charge is 0.281 e. The van der Waals surface area contributed by atoms with Crippen LogP contribution in [0.15, 0.2) is 18.2 Å². The predicted octanol–water partition coefficient (Wildman–Crippen LogP) is 1.72. The van der Waals surface area contributed by atoms with Gasteiger partial charge in [-0.1, -0.05) is 13.0 Å².